The Bertz CT molecular complexity index is 221. The Morgan fingerprint density at radius 3 is 2.47 bits per heavy atom. The molecule has 1 saturated heterocycles. The summed E-state index contributed by atoms with van der Waals surface area (Å²) in [6.45, 7) is 6.90. The van der Waals surface area contributed by atoms with E-state index in [4.69, 9.17) is 5.73 Å². The van der Waals surface area contributed by atoms with Crippen molar-refractivity contribution in [3.05, 3.63) is 0 Å². The average molecular weight is 238 g/mol. The molecule has 1 aliphatic heterocycles. The molecule has 0 spiro atoms. The van der Waals surface area contributed by atoms with E-state index in [1.807, 2.05) is 0 Å². The fourth-order valence-electron chi connectivity index (χ4n) is 4.00. The Morgan fingerprint density at radius 1 is 1.18 bits per heavy atom. The van der Waals surface area contributed by atoms with Gasteiger partial charge in [-0.1, -0.05) is 26.7 Å². The summed E-state index contributed by atoms with van der Waals surface area (Å²) in [5, 5.41) is 0. The second-order valence-electron chi connectivity index (χ2n) is 6.27. The molecule has 0 aromatic carbocycles. The highest BCUT2D eigenvalue weighted by Crippen LogP contribution is 2.35. The summed E-state index contributed by atoms with van der Waals surface area (Å²) in [6, 6.07) is 1.50. The number of rotatable bonds is 4. The highest BCUT2D eigenvalue weighted by molar-refractivity contribution is 4.90. The molecular weight excluding hydrogens is 208 g/mol. The lowest BCUT2D eigenvalue weighted by Crippen LogP contribution is -2.48. The molecule has 100 valence electrons. The van der Waals surface area contributed by atoms with Crippen LogP contribution in [0.4, 0.5) is 0 Å². The third-order valence-corrected chi connectivity index (χ3v) is 5.17. The molecule has 2 nitrogen and oxygen atoms in total. The summed E-state index contributed by atoms with van der Waals surface area (Å²) >= 11 is 0. The van der Waals surface area contributed by atoms with Gasteiger partial charge in [-0.05, 0) is 50.5 Å². The van der Waals surface area contributed by atoms with Crippen LogP contribution in [0.5, 0.6) is 0 Å². The van der Waals surface area contributed by atoms with E-state index < -0.39 is 0 Å². The molecule has 17 heavy (non-hydrogen) atoms. The molecule has 2 unspecified atom stereocenters. The van der Waals surface area contributed by atoms with Crippen molar-refractivity contribution in [1.82, 2.24) is 4.90 Å². The van der Waals surface area contributed by atoms with Gasteiger partial charge in [-0.15, -0.1) is 0 Å². The lowest BCUT2D eigenvalue weighted by atomic mass is 9.78. The molecule has 1 saturated carbocycles. The Hall–Kier alpha value is -0.0800. The van der Waals surface area contributed by atoms with Crippen molar-refractivity contribution in [3.63, 3.8) is 0 Å². The Labute approximate surface area is 107 Å². The molecule has 0 radical (unpaired) electrons. The van der Waals surface area contributed by atoms with Gasteiger partial charge < -0.3 is 5.73 Å². The first-order valence-electron chi connectivity index (χ1n) is 7.72. The topological polar surface area (TPSA) is 29.3 Å². The molecule has 0 bridgehead atoms. The summed E-state index contributed by atoms with van der Waals surface area (Å²) in [6.07, 6.45) is 9.76. The van der Waals surface area contributed by atoms with Gasteiger partial charge in [0.15, 0.2) is 0 Å². The van der Waals surface area contributed by atoms with Crippen LogP contribution in [0.2, 0.25) is 0 Å². The number of likely N-dealkylation sites (tertiary alicyclic amines) is 1. The van der Waals surface area contributed by atoms with E-state index >= 15 is 0 Å². The molecule has 2 rings (SSSR count). The minimum atomic E-state index is 0.676. The molecule has 2 fully saturated rings. The summed E-state index contributed by atoms with van der Waals surface area (Å²) in [5.41, 5.74) is 6.09. The maximum Gasteiger partial charge on any atom is 0.0249 e. The fourth-order valence-corrected chi connectivity index (χ4v) is 4.00. The van der Waals surface area contributed by atoms with Crippen molar-refractivity contribution in [2.75, 3.05) is 13.1 Å². The predicted octanol–water partition coefficient (Wildman–Crippen LogP) is 3.01. The average Bonchev–Trinajstić information content (AvgIpc) is 2.81. The molecule has 0 amide bonds. The lowest BCUT2D eigenvalue weighted by molar-refractivity contribution is 0.0990. The van der Waals surface area contributed by atoms with Crippen molar-refractivity contribution < 1.29 is 0 Å². The Balaban J connectivity index is 1.95. The Morgan fingerprint density at radius 2 is 1.88 bits per heavy atom. The van der Waals surface area contributed by atoms with Crippen LogP contribution in [0.3, 0.4) is 0 Å². The standard InChI is InChI=1S/C15H30N2/c1-3-14-5-4-10-17(14)15(11-16)13-8-6-12(2)7-9-13/h12-15H,3-11,16H2,1-2H3. The van der Waals surface area contributed by atoms with Crippen molar-refractivity contribution in [2.45, 2.75) is 70.9 Å². The van der Waals surface area contributed by atoms with Crippen molar-refractivity contribution >= 4 is 0 Å². The van der Waals surface area contributed by atoms with Gasteiger partial charge in [0, 0.05) is 18.6 Å². The van der Waals surface area contributed by atoms with Crippen LogP contribution >= 0.6 is 0 Å². The maximum absolute atomic E-state index is 6.09. The van der Waals surface area contributed by atoms with E-state index in [9.17, 15) is 0 Å². The van der Waals surface area contributed by atoms with Gasteiger partial charge in [-0.3, -0.25) is 4.90 Å². The molecule has 2 atom stereocenters. The first kappa shape index (κ1) is 13.4. The molecule has 2 N–H and O–H groups in total. The van der Waals surface area contributed by atoms with E-state index in [0.717, 1.165) is 24.4 Å². The molecular formula is C15H30N2. The fraction of sp³-hybridized carbons (Fsp3) is 1.00. The van der Waals surface area contributed by atoms with Gasteiger partial charge in [0.1, 0.15) is 0 Å². The second-order valence-corrected chi connectivity index (χ2v) is 6.27. The highest BCUT2D eigenvalue weighted by Gasteiger charge is 2.34. The van der Waals surface area contributed by atoms with Gasteiger partial charge >= 0.3 is 0 Å². The van der Waals surface area contributed by atoms with Gasteiger partial charge in [0.05, 0.1) is 0 Å². The number of hydrogen-bond acceptors (Lipinski definition) is 2. The van der Waals surface area contributed by atoms with Crippen LogP contribution in [0.15, 0.2) is 0 Å². The van der Waals surface area contributed by atoms with Gasteiger partial charge in [0.25, 0.3) is 0 Å². The summed E-state index contributed by atoms with van der Waals surface area (Å²) in [4.78, 5) is 2.75. The van der Waals surface area contributed by atoms with Crippen molar-refractivity contribution in [1.29, 1.82) is 0 Å². The van der Waals surface area contributed by atoms with Gasteiger partial charge in [-0.25, -0.2) is 0 Å². The largest absolute Gasteiger partial charge is 0.329 e. The van der Waals surface area contributed by atoms with E-state index in [-0.39, 0.29) is 0 Å². The van der Waals surface area contributed by atoms with E-state index in [2.05, 4.69) is 18.7 Å². The molecule has 1 aliphatic carbocycles. The number of nitrogens with two attached hydrogens (primary N) is 1. The third-order valence-electron chi connectivity index (χ3n) is 5.17. The van der Waals surface area contributed by atoms with Crippen LogP contribution in [0.25, 0.3) is 0 Å². The zero-order valence-corrected chi connectivity index (χ0v) is 11.7. The quantitative estimate of drug-likeness (QED) is 0.816. The summed E-state index contributed by atoms with van der Waals surface area (Å²) in [7, 11) is 0. The minimum absolute atomic E-state index is 0.676. The SMILES string of the molecule is CCC1CCCN1C(CN)C1CCC(C)CC1. The molecule has 2 heteroatoms. The molecule has 0 aromatic heterocycles. The first-order valence-corrected chi connectivity index (χ1v) is 7.72. The van der Waals surface area contributed by atoms with Crippen LogP contribution < -0.4 is 5.73 Å². The summed E-state index contributed by atoms with van der Waals surface area (Å²) < 4.78 is 0. The lowest BCUT2D eigenvalue weighted by Gasteiger charge is -2.40. The van der Waals surface area contributed by atoms with Crippen LogP contribution in [-0.4, -0.2) is 30.1 Å². The maximum atomic E-state index is 6.09. The van der Waals surface area contributed by atoms with Crippen LogP contribution in [-0.2, 0) is 0 Å². The van der Waals surface area contributed by atoms with Crippen LogP contribution in [0.1, 0.15) is 58.8 Å². The van der Waals surface area contributed by atoms with E-state index in [1.165, 1.54) is 51.5 Å². The van der Waals surface area contributed by atoms with Crippen molar-refractivity contribution in [2.24, 2.45) is 17.6 Å². The summed E-state index contributed by atoms with van der Waals surface area (Å²) in [5.74, 6) is 1.83. The molecule has 1 heterocycles. The van der Waals surface area contributed by atoms with E-state index in [0.29, 0.717) is 6.04 Å². The second kappa shape index (κ2) is 6.19. The van der Waals surface area contributed by atoms with Crippen molar-refractivity contribution in [3.8, 4) is 0 Å². The monoisotopic (exact) mass is 238 g/mol. The first-order chi connectivity index (χ1) is 8.26. The van der Waals surface area contributed by atoms with Gasteiger partial charge in [-0.2, -0.15) is 0 Å². The zero-order chi connectivity index (χ0) is 12.3. The Kier molecular flexibility index (Phi) is 4.87. The molecule has 2 aliphatic rings. The normalized spacial score (nSPS) is 37.2. The predicted molar refractivity (Wildman–Crippen MR) is 74.0 cm³/mol. The number of hydrogen-bond donors (Lipinski definition) is 1. The third kappa shape index (κ3) is 3.03. The number of nitrogens with zero attached hydrogens (tertiary/aromatic N) is 1. The van der Waals surface area contributed by atoms with Crippen LogP contribution in [0, 0.1) is 11.8 Å². The van der Waals surface area contributed by atoms with Gasteiger partial charge in [0.2, 0.25) is 0 Å². The minimum Gasteiger partial charge on any atom is -0.329 e. The zero-order valence-electron chi connectivity index (χ0n) is 11.7. The smallest absolute Gasteiger partial charge is 0.0249 e. The highest BCUT2D eigenvalue weighted by atomic mass is 15.2. The van der Waals surface area contributed by atoms with E-state index in [1.54, 1.807) is 0 Å². The molecule has 0 aromatic rings.